The van der Waals surface area contributed by atoms with E-state index in [-0.39, 0.29) is 22.5 Å². The van der Waals surface area contributed by atoms with Gasteiger partial charge in [-0.05, 0) is 87.1 Å². The highest BCUT2D eigenvalue weighted by atomic mass is 16.3. The van der Waals surface area contributed by atoms with E-state index in [1.807, 2.05) is 25.1 Å². The van der Waals surface area contributed by atoms with E-state index in [1.165, 1.54) is 16.7 Å². The summed E-state index contributed by atoms with van der Waals surface area (Å²) in [6, 6.07) is 5.89. The fraction of sp³-hybridized carbons (Fsp3) is 0.577. The van der Waals surface area contributed by atoms with Crippen molar-refractivity contribution in [3.05, 3.63) is 52.1 Å². The van der Waals surface area contributed by atoms with Crippen LogP contribution in [0.25, 0.3) is 0 Å². The number of aromatic hydroxyl groups is 1. The largest absolute Gasteiger partial charge is 0.508 e. The Morgan fingerprint density at radius 3 is 2.76 bits per heavy atom. The molecule has 1 fully saturated rings. The van der Waals surface area contributed by atoms with Crippen LogP contribution in [0.3, 0.4) is 0 Å². The van der Waals surface area contributed by atoms with E-state index in [0.717, 1.165) is 44.9 Å². The molecule has 5 aliphatic rings. The van der Waals surface area contributed by atoms with E-state index < -0.39 is 5.60 Å². The summed E-state index contributed by atoms with van der Waals surface area (Å²) in [7, 11) is 0. The number of phenols is 1. The van der Waals surface area contributed by atoms with Crippen LogP contribution in [0.4, 0.5) is 0 Å². The predicted molar refractivity (Wildman–Crippen MR) is 112 cm³/mol. The van der Waals surface area contributed by atoms with Gasteiger partial charge in [0.25, 0.3) is 0 Å². The van der Waals surface area contributed by atoms with Gasteiger partial charge < -0.3 is 10.2 Å². The van der Waals surface area contributed by atoms with Crippen LogP contribution < -0.4 is 0 Å². The number of phenolic OH excluding ortho intramolecular Hbond substituents is 1. The number of fused-ring (bicyclic) bond motifs is 4. The highest BCUT2D eigenvalue weighted by Crippen LogP contribution is 2.70. The standard InChI is InChI=1S/C26H30O3/c1-24-14-21-19-6-4-17(27)11-15(19)13-26-10-7-18(28)12-16(26)3-5-20(23(21)26)22(24)8-9-25(24,2)29/h4,6,11-12,21-22,27,29H,3,5,7-10,13-14H2,1-2H3/t21?,22-,24-,25-,26+/m0/s1. The minimum absolute atomic E-state index is 0.0390. The number of ketones is 1. The zero-order chi connectivity index (χ0) is 20.2. The van der Waals surface area contributed by atoms with E-state index in [0.29, 0.717) is 18.1 Å². The lowest BCUT2D eigenvalue weighted by molar-refractivity contribution is -0.115. The number of allylic oxidation sites excluding steroid dienone is 4. The minimum Gasteiger partial charge on any atom is -0.508 e. The first kappa shape index (κ1) is 17.9. The van der Waals surface area contributed by atoms with Gasteiger partial charge >= 0.3 is 0 Å². The van der Waals surface area contributed by atoms with Crippen molar-refractivity contribution in [2.24, 2.45) is 16.7 Å². The summed E-state index contributed by atoms with van der Waals surface area (Å²) in [6.07, 6.45) is 9.31. The van der Waals surface area contributed by atoms with E-state index in [9.17, 15) is 15.0 Å². The summed E-state index contributed by atoms with van der Waals surface area (Å²) in [4.78, 5) is 12.3. The molecule has 1 aromatic rings. The van der Waals surface area contributed by atoms with Gasteiger partial charge in [0.05, 0.1) is 5.60 Å². The van der Waals surface area contributed by atoms with E-state index >= 15 is 0 Å². The van der Waals surface area contributed by atoms with Crippen molar-refractivity contribution in [1.82, 2.24) is 0 Å². The van der Waals surface area contributed by atoms with Gasteiger partial charge in [0, 0.05) is 23.2 Å². The van der Waals surface area contributed by atoms with Gasteiger partial charge in [-0.25, -0.2) is 0 Å². The van der Waals surface area contributed by atoms with Crippen LogP contribution in [-0.4, -0.2) is 21.6 Å². The normalized spacial score (nSPS) is 42.6. The second-order valence-electron chi connectivity index (χ2n) is 10.8. The van der Waals surface area contributed by atoms with Crippen molar-refractivity contribution in [3.63, 3.8) is 0 Å². The van der Waals surface area contributed by atoms with Gasteiger partial charge in [-0.3, -0.25) is 4.79 Å². The van der Waals surface area contributed by atoms with Crippen molar-refractivity contribution < 1.29 is 15.0 Å². The molecule has 1 saturated carbocycles. The molecule has 3 nitrogen and oxygen atoms in total. The average Bonchev–Trinajstić information content (AvgIpc) is 2.91. The molecule has 29 heavy (non-hydrogen) atoms. The third kappa shape index (κ3) is 2.10. The number of rotatable bonds is 0. The Morgan fingerprint density at radius 1 is 1.10 bits per heavy atom. The molecule has 0 heterocycles. The van der Waals surface area contributed by atoms with Crippen molar-refractivity contribution in [2.45, 2.75) is 76.7 Å². The topological polar surface area (TPSA) is 57.5 Å². The molecule has 0 aromatic heterocycles. The quantitative estimate of drug-likeness (QED) is 0.615. The Morgan fingerprint density at radius 2 is 1.93 bits per heavy atom. The fourth-order valence-electron chi connectivity index (χ4n) is 7.98. The maximum absolute atomic E-state index is 12.3. The van der Waals surface area contributed by atoms with Crippen LogP contribution in [0.2, 0.25) is 0 Å². The maximum Gasteiger partial charge on any atom is 0.155 e. The molecule has 5 aliphatic carbocycles. The first-order valence-corrected chi connectivity index (χ1v) is 11.3. The average molecular weight is 391 g/mol. The Bertz CT molecular complexity index is 1010. The second-order valence-corrected chi connectivity index (χ2v) is 10.8. The van der Waals surface area contributed by atoms with E-state index in [2.05, 4.69) is 13.0 Å². The monoisotopic (exact) mass is 390 g/mol. The molecule has 0 saturated heterocycles. The third-order valence-electron chi connectivity index (χ3n) is 9.58. The molecule has 0 radical (unpaired) electrons. The summed E-state index contributed by atoms with van der Waals surface area (Å²) in [5.74, 6) is 1.35. The van der Waals surface area contributed by atoms with Crippen LogP contribution in [-0.2, 0) is 11.2 Å². The lowest BCUT2D eigenvalue weighted by Gasteiger charge is -2.58. The summed E-state index contributed by atoms with van der Waals surface area (Å²) < 4.78 is 0. The summed E-state index contributed by atoms with van der Waals surface area (Å²) in [5.41, 5.74) is 6.31. The van der Waals surface area contributed by atoms with Gasteiger partial charge in [0.2, 0.25) is 0 Å². The fourth-order valence-corrected chi connectivity index (χ4v) is 7.98. The molecule has 5 atom stereocenters. The molecule has 0 amide bonds. The molecule has 0 aliphatic heterocycles. The molecule has 1 unspecified atom stereocenters. The first-order chi connectivity index (χ1) is 13.8. The van der Waals surface area contributed by atoms with Gasteiger partial charge in [0.1, 0.15) is 5.75 Å². The van der Waals surface area contributed by atoms with Crippen LogP contribution in [0.15, 0.2) is 41.0 Å². The number of benzene rings is 1. The molecule has 3 heteroatoms. The SMILES string of the molecule is C[C@]1(O)CC[C@H]2C3=C4C(C[C@@]21C)c1ccc(O)cc1C[C@@]41CCC(=O)C=C1CC3. The molecule has 1 spiro atoms. The number of hydrogen-bond donors (Lipinski definition) is 2. The second kappa shape index (κ2) is 5.43. The molecule has 6 rings (SSSR count). The summed E-state index contributed by atoms with van der Waals surface area (Å²) in [6.45, 7) is 4.36. The van der Waals surface area contributed by atoms with Crippen LogP contribution in [0.1, 0.15) is 75.8 Å². The lowest BCUT2D eigenvalue weighted by atomic mass is 9.46. The zero-order valence-corrected chi connectivity index (χ0v) is 17.4. The summed E-state index contributed by atoms with van der Waals surface area (Å²) >= 11 is 0. The number of aliphatic hydroxyl groups is 1. The Balaban J connectivity index is 1.65. The summed E-state index contributed by atoms with van der Waals surface area (Å²) in [5, 5.41) is 21.6. The molecule has 1 aromatic carbocycles. The highest BCUT2D eigenvalue weighted by molar-refractivity contribution is 5.92. The van der Waals surface area contributed by atoms with Crippen molar-refractivity contribution in [1.29, 1.82) is 0 Å². The van der Waals surface area contributed by atoms with Gasteiger partial charge in [-0.2, -0.15) is 0 Å². The Hall–Kier alpha value is -1.87. The van der Waals surface area contributed by atoms with Crippen LogP contribution in [0.5, 0.6) is 5.75 Å². The molecule has 0 bridgehead atoms. The zero-order valence-electron chi connectivity index (χ0n) is 17.4. The van der Waals surface area contributed by atoms with Crippen molar-refractivity contribution >= 4 is 5.78 Å². The molecule has 152 valence electrons. The number of hydrogen-bond acceptors (Lipinski definition) is 3. The van der Waals surface area contributed by atoms with Gasteiger partial charge in [-0.1, -0.05) is 29.7 Å². The van der Waals surface area contributed by atoms with Crippen molar-refractivity contribution in [3.8, 4) is 5.75 Å². The van der Waals surface area contributed by atoms with Gasteiger partial charge in [-0.15, -0.1) is 0 Å². The van der Waals surface area contributed by atoms with Crippen LogP contribution >= 0.6 is 0 Å². The van der Waals surface area contributed by atoms with E-state index in [4.69, 9.17) is 0 Å². The Labute approximate surface area is 172 Å². The number of carbonyl (C=O) groups excluding carboxylic acids is 1. The predicted octanol–water partition coefficient (Wildman–Crippen LogP) is 4.97. The van der Waals surface area contributed by atoms with E-state index in [1.54, 1.807) is 11.1 Å². The number of carbonyl (C=O) groups is 1. The molecular weight excluding hydrogens is 360 g/mol. The Kier molecular flexibility index (Phi) is 3.36. The molecule has 2 N–H and O–H groups in total. The lowest BCUT2D eigenvalue weighted by Crippen LogP contribution is -2.51. The van der Waals surface area contributed by atoms with Crippen LogP contribution in [0, 0.1) is 16.7 Å². The van der Waals surface area contributed by atoms with Crippen molar-refractivity contribution in [2.75, 3.05) is 0 Å². The highest BCUT2D eigenvalue weighted by Gasteiger charge is 2.62. The smallest absolute Gasteiger partial charge is 0.155 e. The first-order valence-electron chi connectivity index (χ1n) is 11.3. The maximum atomic E-state index is 12.3. The van der Waals surface area contributed by atoms with Gasteiger partial charge in [0.15, 0.2) is 5.78 Å². The minimum atomic E-state index is -0.642. The molecular formula is C26H30O3. The third-order valence-corrected chi connectivity index (χ3v) is 9.58.